The Morgan fingerprint density at radius 2 is 1.50 bits per heavy atom. The van der Waals surface area contributed by atoms with Crippen LogP contribution < -0.4 is 0 Å². The van der Waals surface area contributed by atoms with Crippen LogP contribution in [-0.4, -0.2) is 18.5 Å². The number of hydrogen-bond donors (Lipinski definition) is 1. The van der Waals surface area contributed by atoms with Crippen molar-refractivity contribution >= 4 is 0 Å². The van der Waals surface area contributed by atoms with E-state index in [4.69, 9.17) is 4.74 Å². The fourth-order valence-corrected chi connectivity index (χ4v) is 1.66. The lowest BCUT2D eigenvalue weighted by atomic mass is 9.72. The molecule has 1 N–H and O–H groups in total. The Morgan fingerprint density at radius 1 is 1.07 bits per heavy atom. The highest BCUT2D eigenvalue weighted by molar-refractivity contribution is 4.80. The normalized spacial score (nSPS) is 18.0. The predicted octanol–water partition coefficient (Wildman–Crippen LogP) is 3.05. The highest BCUT2D eigenvalue weighted by Crippen LogP contribution is 2.38. The van der Waals surface area contributed by atoms with Gasteiger partial charge in [-0.1, -0.05) is 41.5 Å². The van der Waals surface area contributed by atoms with Crippen LogP contribution in [0.5, 0.6) is 0 Å². The lowest BCUT2D eigenvalue weighted by molar-refractivity contribution is -0.147. The fourth-order valence-electron chi connectivity index (χ4n) is 1.66. The first-order chi connectivity index (χ1) is 6.08. The van der Waals surface area contributed by atoms with E-state index in [1.54, 1.807) is 7.11 Å². The first-order valence-corrected chi connectivity index (χ1v) is 5.29. The molecule has 0 heterocycles. The lowest BCUT2D eigenvalue weighted by Gasteiger charge is -2.37. The Morgan fingerprint density at radius 3 is 1.71 bits per heavy atom. The number of aliphatic hydroxyl groups excluding tert-OH is 1. The maximum atomic E-state index is 9.79. The molecule has 0 aromatic carbocycles. The van der Waals surface area contributed by atoms with Gasteiger partial charge < -0.3 is 9.84 Å². The van der Waals surface area contributed by atoms with Gasteiger partial charge in [-0.15, -0.1) is 0 Å². The Kier molecular flexibility index (Phi) is 4.60. The molecule has 0 bridgehead atoms. The minimum Gasteiger partial charge on any atom is -0.368 e. The molecule has 0 fully saturated rings. The van der Waals surface area contributed by atoms with E-state index in [9.17, 15) is 5.11 Å². The second-order valence-electron chi connectivity index (χ2n) is 6.36. The third kappa shape index (κ3) is 4.97. The van der Waals surface area contributed by atoms with Gasteiger partial charge in [0.2, 0.25) is 0 Å². The smallest absolute Gasteiger partial charge is 0.157 e. The summed E-state index contributed by atoms with van der Waals surface area (Å²) in [5.41, 5.74) is 0.292. The Hall–Kier alpha value is -0.0800. The number of aliphatic hydroxyl groups is 1. The standard InChI is InChI=1S/C12H26O2/c1-11(2,3)8-9(10(13)14-7)12(4,5)6/h9-10,13H,8H2,1-7H3. The van der Waals surface area contributed by atoms with Crippen molar-refractivity contribution in [2.45, 2.75) is 54.3 Å². The van der Waals surface area contributed by atoms with Gasteiger partial charge in [-0.05, 0) is 17.3 Å². The van der Waals surface area contributed by atoms with Gasteiger partial charge >= 0.3 is 0 Å². The van der Waals surface area contributed by atoms with Crippen LogP contribution in [-0.2, 0) is 4.74 Å². The molecule has 0 radical (unpaired) electrons. The molecule has 0 aliphatic rings. The predicted molar refractivity (Wildman–Crippen MR) is 60.0 cm³/mol. The topological polar surface area (TPSA) is 29.5 Å². The average Bonchev–Trinajstić information content (AvgIpc) is 1.95. The fraction of sp³-hybridized carbons (Fsp3) is 1.00. The third-order valence-corrected chi connectivity index (χ3v) is 2.53. The molecule has 0 aliphatic heterocycles. The minimum atomic E-state index is -0.658. The Labute approximate surface area is 88.7 Å². The SMILES string of the molecule is COC(O)C(CC(C)(C)C)C(C)(C)C. The summed E-state index contributed by atoms with van der Waals surface area (Å²) in [6.45, 7) is 13.0. The van der Waals surface area contributed by atoms with E-state index in [-0.39, 0.29) is 16.7 Å². The van der Waals surface area contributed by atoms with Crippen LogP contribution in [0.1, 0.15) is 48.0 Å². The summed E-state index contributed by atoms with van der Waals surface area (Å²) in [5.74, 6) is 0.174. The van der Waals surface area contributed by atoms with Crippen molar-refractivity contribution in [3.05, 3.63) is 0 Å². The molecule has 0 rings (SSSR count). The van der Waals surface area contributed by atoms with Crippen LogP contribution in [0, 0.1) is 16.7 Å². The molecule has 0 amide bonds. The van der Waals surface area contributed by atoms with Crippen molar-refractivity contribution in [2.75, 3.05) is 7.11 Å². The molecule has 0 saturated carbocycles. The summed E-state index contributed by atoms with van der Waals surface area (Å²) < 4.78 is 5.04. The zero-order chi connectivity index (χ0) is 11.6. The zero-order valence-corrected chi connectivity index (χ0v) is 10.7. The van der Waals surface area contributed by atoms with Crippen molar-refractivity contribution in [3.63, 3.8) is 0 Å². The molecule has 14 heavy (non-hydrogen) atoms. The molecule has 0 aliphatic carbocycles. The number of methoxy groups -OCH3 is 1. The van der Waals surface area contributed by atoms with E-state index in [0.29, 0.717) is 0 Å². The molecule has 0 spiro atoms. The van der Waals surface area contributed by atoms with Crippen LogP contribution >= 0.6 is 0 Å². The van der Waals surface area contributed by atoms with E-state index >= 15 is 0 Å². The summed E-state index contributed by atoms with van der Waals surface area (Å²) in [5, 5.41) is 9.79. The van der Waals surface area contributed by atoms with Gasteiger partial charge in [0.15, 0.2) is 6.29 Å². The quantitative estimate of drug-likeness (QED) is 0.713. The van der Waals surface area contributed by atoms with Gasteiger partial charge in [0, 0.05) is 13.0 Å². The van der Waals surface area contributed by atoms with E-state index in [1.807, 2.05) is 0 Å². The summed E-state index contributed by atoms with van der Waals surface area (Å²) >= 11 is 0. The molecule has 0 aromatic rings. The maximum Gasteiger partial charge on any atom is 0.157 e. The second kappa shape index (κ2) is 4.63. The summed E-state index contributed by atoms with van der Waals surface area (Å²) in [6.07, 6.45) is 0.306. The molecule has 0 aromatic heterocycles. The van der Waals surface area contributed by atoms with E-state index in [0.717, 1.165) is 6.42 Å². The van der Waals surface area contributed by atoms with Gasteiger partial charge in [0.05, 0.1) is 0 Å². The van der Waals surface area contributed by atoms with Crippen LogP contribution in [0.15, 0.2) is 0 Å². The van der Waals surface area contributed by atoms with Gasteiger partial charge in [-0.3, -0.25) is 0 Å². The number of rotatable bonds is 3. The summed E-state index contributed by atoms with van der Waals surface area (Å²) in [6, 6.07) is 0. The Bertz CT molecular complexity index is 162. The van der Waals surface area contributed by atoms with Crippen molar-refractivity contribution in [1.82, 2.24) is 0 Å². The first kappa shape index (κ1) is 13.9. The average molecular weight is 202 g/mol. The van der Waals surface area contributed by atoms with Gasteiger partial charge in [-0.2, -0.15) is 0 Å². The van der Waals surface area contributed by atoms with Crippen molar-refractivity contribution in [1.29, 1.82) is 0 Å². The zero-order valence-electron chi connectivity index (χ0n) is 10.7. The third-order valence-electron chi connectivity index (χ3n) is 2.53. The van der Waals surface area contributed by atoms with Gasteiger partial charge in [0.1, 0.15) is 0 Å². The van der Waals surface area contributed by atoms with E-state index in [2.05, 4.69) is 41.5 Å². The molecular weight excluding hydrogens is 176 g/mol. The van der Waals surface area contributed by atoms with Crippen molar-refractivity contribution < 1.29 is 9.84 Å². The molecular formula is C12H26O2. The lowest BCUT2D eigenvalue weighted by Crippen LogP contribution is -2.36. The number of hydrogen-bond acceptors (Lipinski definition) is 2. The minimum absolute atomic E-state index is 0.0721. The highest BCUT2D eigenvalue weighted by atomic mass is 16.6. The maximum absolute atomic E-state index is 9.79. The largest absolute Gasteiger partial charge is 0.368 e. The van der Waals surface area contributed by atoms with Crippen LogP contribution in [0.25, 0.3) is 0 Å². The van der Waals surface area contributed by atoms with Crippen LogP contribution in [0.4, 0.5) is 0 Å². The van der Waals surface area contributed by atoms with Crippen LogP contribution in [0.2, 0.25) is 0 Å². The van der Waals surface area contributed by atoms with E-state index in [1.165, 1.54) is 0 Å². The monoisotopic (exact) mass is 202 g/mol. The summed E-state index contributed by atoms with van der Waals surface area (Å²) in [7, 11) is 1.56. The molecule has 0 saturated heterocycles. The van der Waals surface area contributed by atoms with E-state index < -0.39 is 6.29 Å². The van der Waals surface area contributed by atoms with Gasteiger partial charge in [0.25, 0.3) is 0 Å². The second-order valence-corrected chi connectivity index (χ2v) is 6.36. The first-order valence-electron chi connectivity index (χ1n) is 5.29. The van der Waals surface area contributed by atoms with Gasteiger partial charge in [-0.25, -0.2) is 0 Å². The van der Waals surface area contributed by atoms with Crippen molar-refractivity contribution in [2.24, 2.45) is 16.7 Å². The molecule has 86 valence electrons. The number of ether oxygens (including phenoxy) is 1. The molecule has 2 nitrogen and oxygen atoms in total. The molecule has 2 heteroatoms. The molecule has 2 unspecified atom stereocenters. The summed E-state index contributed by atoms with van der Waals surface area (Å²) in [4.78, 5) is 0. The highest BCUT2D eigenvalue weighted by Gasteiger charge is 2.34. The van der Waals surface area contributed by atoms with Crippen molar-refractivity contribution in [3.8, 4) is 0 Å². The molecule has 2 atom stereocenters. The van der Waals surface area contributed by atoms with Crippen LogP contribution in [0.3, 0.4) is 0 Å². The Balaban J connectivity index is 4.58.